The summed E-state index contributed by atoms with van der Waals surface area (Å²) >= 11 is 0. The number of H-pyrrole nitrogens is 1. The second-order valence-corrected chi connectivity index (χ2v) is 4.54. The molecule has 0 aliphatic heterocycles. The van der Waals surface area contributed by atoms with Crippen molar-refractivity contribution in [3.8, 4) is 0 Å². The normalized spacial score (nSPS) is 15.6. The van der Waals surface area contributed by atoms with E-state index in [-0.39, 0.29) is 0 Å². The van der Waals surface area contributed by atoms with Crippen LogP contribution in [-0.4, -0.2) is 29.7 Å². The predicted octanol–water partition coefficient (Wildman–Crippen LogP) is 1.62. The van der Waals surface area contributed by atoms with Gasteiger partial charge in [0.1, 0.15) is 5.82 Å². The number of aromatic nitrogens is 2. The third-order valence-electron chi connectivity index (χ3n) is 2.76. The number of aryl methyl sites for hydroxylation is 1. The summed E-state index contributed by atoms with van der Waals surface area (Å²) in [5, 5.41) is 3.37. The van der Waals surface area contributed by atoms with Crippen LogP contribution in [0.5, 0.6) is 0 Å². The summed E-state index contributed by atoms with van der Waals surface area (Å²) in [5.74, 6) is 1.85. The fourth-order valence-electron chi connectivity index (χ4n) is 1.62. The van der Waals surface area contributed by atoms with E-state index in [0.29, 0.717) is 0 Å². The Morgan fingerprint density at radius 2 is 2.44 bits per heavy atom. The Morgan fingerprint density at radius 1 is 1.56 bits per heavy atom. The number of aromatic amines is 1. The van der Waals surface area contributed by atoms with Gasteiger partial charge in [0.2, 0.25) is 0 Å². The fraction of sp³-hybridized carbons (Fsp3) is 0.750. The maximum Gasteiger partial charge on any atom is 0.103 e. The van der Waals surface area contributed by atoms with E-state index in [1.54, 1.807) is 0 Å². The Kier molecular flexibility index (Phi) is 4.36. The first-order chi connectivity index (χ1) is 7.84. The monoisotopic (exact) mass is 223 g/mol. The van der Waals surface area contributed by atoms with Crippen molar-refractivity contribution in [1.82, 2.24) is 15.3 Å². The van der Waals surface area contributed by atoms with Crippen molar-refractivity contribution in [2.45, 2.75) is 32.7 Å². The quantitative estimate of drug-likeness (QED) is 0.658. The van der Waals surface area contributed by atoms with Crippen LogP contribution in [0.25, 0.3) is 0 Å². The molecule has 1 aliphatic carbocycles. The van der Waals surface area contributed by atoms with E-state index in [1.165, 1.54) is 12.8 Å². The smallest absolute Gasteiger partial charge is 0.103 e. The summed E-state index contributed by atoms with van der Waals surface area (Å²) in [6.07, 6.45) is 5.71. The summed E-state index contributed by atoms with van der Waals surface area (Å²) in [4.78, 5) is 7.35. The standard InChI is InChI=1S/C12H21N3O/c1-10-14-8-12(15-10)7-13-5-2-6-16-9-11-3-4-11/h8,11,13H,2-7,9H2,1H3,(H,14,15). The third-order valence-corrected chi connectivity index (χ3v) is 2.76. The van der Waals surface area contributed by atoms with Gasteiger partial charge in [-0.05, 0) is 38.6 Å². The first kappa shape index (κ1) is 11.6. The molecule has 1 fully saturated rings. The highest BCUT2D eigenvalue weighted by atomic mass is 16.5. The van der Waals surface area contributed by atoms with Crippen LogP contribution in [0.15, 0.2) is 6.20 Å². The van der Waals surface area contributed by atoms with Crippen LogP contribution in [-0.2, 0) is 11.3 Å². The summed E-state index contributed by atoms with van der Waals surface area (Å²) in [6, 6.07) is 0. The maximum absolute atomic E-state index is 5.55. The fourth-order valence-corrected chi connectivity index (χ4v) is 1.62. The topological polar surface area (TPSA) is 49.9 Å². The Labute approximate surface area is 96.8 Å². The molecule has 0 radical (unpaired) electrons. The SMILES string of the molecule is Cc1ncc(CNCCCOCC2CC2)[nH]1. The van der Waals surface area contributed by atoms with Gasteiger partial charge in [0.15, 0.2) is 0 Å². The second-order valence-electron chi connectivity index (χ2n) is 4.54. The van der Waals surface area contributed by atoms with Gasteiger partial charge in [-0.1, -0.05) is 0 Å². The van der Waals surface area contributed by atoms with Crippen LogP contribution >= 0.6 is 0 Å². The molecule has 90 valence electrons. The number of imidazole rings is 1. The Balaban J connectivity index is 1.42. The van der Waals surface area contributed by atoms with Gasteiger partial charge in [-0.15, -0.1) is 0 Å². The van der Waals surface area contributed by atoms with E-state index < -0.39 is 0 Å². The molecule has 16 heavy (non-hydrogen) atoms. The highest BCUT2D eigenvalue weighted by molar-refractivity contribution is 4.98. The van der Waals surface area contributed by atoms with Crippen molar-refractivity contribution in [1.29, 1.82) is 0 Å². The molecule has 0 atom stereocenters. The zero-order valence-electron chi connectivity index (χ0n) is 9.96. The van der Waals surface area contributed by atoms with Crippen LogP contribution in [0.2, 0.25) is 0 Å². The zero-order valence-corrected chi connectivity index (χ0v) is 9.96. The molecule has 1 aromatic rings. The lowest BCUT2D eigenvalue weighted by Gasteiger charge is -2.04. The van der Waals surface area contributed by atoms with Gasteiger partial charge in [-0.3, -0.25) is 0 Å². The van der Waals surface area contributed by atoms with Crippen molar-refractivity contribution >= 4 is 0 Å². The number of nitrogens with one attached hydrogen (secondary N) is 2. The Bertz CT molecular complexity index is 307. The summed E-state index contributed by atoms with van der Waals surface area (Å²) in [7, 11) is 0. The van der Waals surface area contributed by atoms with Gasteiger partial charge < -0.3 is 15.0 Å². The molecular weight excluding hydrogens is 202 g/mol. The zero-order chi connectivity index (χ0) is 11.2. The third kappa shape index (κ3) is 4.33. The number of rotatable bonds is 8. The molecule has 0 bridgehead atoms. The van der Waals surface area contributed by atoms with Crippen LogP contribution in [0.1, 0.15) is 30.8 Å². The first-order valence-corrected chi connectivity index (χ1v) is 6.13. The molecule has 4 nitrogen and oxygen atoms in total. The molecule has 0 amide bonds. The maximum atomic E-state index is 5.55. The van der Waals surface area contributed by atoms with Crippen molar-refractivity contribution in [2.75, 3.05) is 19.8 Å². The first-order valence-electron chi connectivity index (χ1n) is 6.13. The largest absolute Gasteiger partial charge is 0.381 e. The second kappa shape index (κ2) is 6.01. The highest BCUT2D eigenvalue weighted by Crippen LogP contribution is 2.28. The highest BCUT2D eigenvalue weighted by Gasteiger charge is 2.20. The molecule has 0 saturated heterocycles. The molecule has 4 heteroatoms. The molecule has 1 aromatic heterocycles. The van der Waals surface area contributed by atoms with Gasteiger partial charge in [0.05, 0.1) is 0 Å². The van der Waals surface area contributed by atoms with Gasteiger partial charge in [-0.2, -0.15) is 0 Å². The van der Waals surface area contributed by atoms with Gasteiger partial charge in [-0.25, -0.2) is 4.98 Å². The molecule has 0 unspecified atom stereocenters. The Morgan fingerprint density at radius 3 is 3.12 bits per heavy atom. The lowest BCUT2D eigenvalue weighted by atomic mass is 10.4. The van der Waals surface area contributed by atoms with E-state index >= 15 is 0 Å². The summed E-state index contributed by atoms with van der Waals surface area (Å²) in [5.41, 5.74) is 1.15. The summed E-state index contributed by atoms with van der Waals surface area (Å²) in [6.45, 7) is 5.69. The van der Waals surface area contributed by atoms with Gasteiger partial charge >= 0.3 is 0 Å². The molecule has 2 rings (SSSR count). The molecule has 1 aliphatic rings. The molecule has 1 heterocycles. The van der Waals surface area contributed by atoms with Crippen LogP contribution in [0.4, 0.5) is 0 Å². The Hall–Kier alpha value is -0.870. The van der Waals surface area contributed by atoms with Crippen molar-refractivity contribution < 1.29 is 4.74 Å². The van der Waals surface area contributed by atoms with E-state index in [1.807, 2.05) is 13.1 Å². The minimum atomic E-state index is 0.865. The van der Waals surface area contributed by atoms with Crippen LogP contribution in [0.3, 0.4) is 0 Å². The number of nitrogens with zero attached hydrogens (tertiary/aromatic N) is 1. The number of hydrogen-bond donors (Lipinski definition) is 2. The van der Waals surface area contributed by atoms with Crippen LogP contribution in [0, 0.1) is 12.8 Å². The molecule has 2 N–H and O–H groups in total. The predicted molar refractivity (Wildman–Crippen MR) is 63.2 cm³/mol. The van der Waals surface area contributed by atoms with E-state index in [9.17, 15) is 0 Å². The van der Waals surface area contributed by atoms with E-state index in [0.717, 1.165) is 50.2 Å². The van der Waals surface area contributed by atoms with Gasteiger partial charge in [0, 0.05) is 31.6 Å². The van der Waals surface area contributed by atoms with E-state index in [2.05, 4.69) is 15.3 Å². The molecule has 0 aromatic carbocycles. The minimum Gasteiger partial charge on any atom is -0.381 e. The number of hydrogen-bond acceptors (Lipinski definition) is 3. The molecule has 1 saturated carbocycles. The lowest BCUT2D eigenvalue weighted by molar-refractivity contribution is 0.122. The van der Waals surface area contributed by atoms with Crippen LogP contribution < -0.4 is 5.32 Å². The van der Waals surface area contributed by atoms with Crippen molar-refractivity contribution in [3.63, 3.8) is 0 Å². The average molecular weight is 223 g/mol. The van der Waals surface area contributed by atoms with Gasteiger partial charge in [0.25, 0.3) is 0 Å². The number of ether oxygens (including phenoxy) is 1. The molecular formula is C12H21N3O. The lowest BCUT2D eigenvalue weighted by Crippen LogP contribution is -2.16. The molecule has 0 spiro atoms. The van der Waals surface area contributed by atoms with E-state index in [4.69, 9.17) is 4.74 Å². The minimum absolute atomic E-state index is 0.865. The van der Waals surface area contributed by atoms with Crippen molar-refractivity contribution in [3.05, 3.63) is 17.7 Å². The average Bonchev–Trinajstić information content (AvgIpc) is 3.00. The van der Waals surface area contributed by atoms with Crippen molar-refractivity contribution in [2.24, 2.45) is 5.92 Å². The summed E-state index contributed by atoms with van der Waals surface area (Å²) < 4.78 is 5.55.